The summed E-state index contributed by atoms with van der Waals surface area (Å²) in [6, 6.07) is 0.720. The van der Waals surface area contributed by atoms with E-state index in [2.05, 4.69) is 10.6 Å². The van der Waals surface area contributed by atoms with Gasteiger partial charge in [-0.05, 0) is 31.6 Å². The lowest BCUT2D eigenvalue weighted by Gasteiger charge is -2.24. The molecule has 0 aliphatic heterocycles. The third kappa shape index (κ3) is 3.95. The van der Waals surface area contributed by atoms with E-state index in [0.29, 0.717) is 24.5 Å². The van der Waals surface area contributed by atoms with Crippen LogP contribution in [0.1, 0.15) is 51.4 Å². The summed E-state index contributed by atoms with van der Waals surface area (Å²) in [5.74, 6) is 0.456. The Labute approximate surface area is 110 Å². The molecule has 2 unspecified atom stereocenters. The predicted molar refractivity (Wildman–Crippen MR) is 71.2 cm³/mol. The van der Waals surface area contributed by atoms with Crippen molar-refractivity contribution < 1.29 is 9.90 Å². The van der Waals surface area contributed by atoms with E-state index < -0.39 is 0 Å². The Bertz CT molecular complexity index is 265. The van der Waals surface area contributed by atoms with Crippen molar-refractivity contribution in [1.82, 2.24) is 10.6 Å². The molecule has 0 aromatic rings. The Kier molecular flexibility index (Phi) is 5.45. The van der Waals surface area contributed by atoms with Crippen LogP contribution in [0.4, 0.5) is 0 Å². The van der Waals surface area contributed by atoms with Crippen molar-refractivity contribution in [2.24, 2.45) is 5.92 Å². The maximum atomic E-state index is 11.8. The van der Waals surface area contributed by atoms with Gasteiger partial charge in [0.05, 0.1) is 6.54 Å². The van der Waals surface area contributed by atoms with Gasteiger partial charge in [-0.2, -0.15) is 0 Å². The predicted octanol–water partition coefficient (Wildman–Crippen LogP) is 1.19. The fraction of sp³-hybridized carbons (Fsp3) is 0.929. The highest BCUT2D eigenvalue weighted by atomic mass is 16.3. The molecule has 0 radical (unpaired) electrons. The van der Waals surface area contributed by atoms with Gasteiger partial charge in [0.25, 0.3) is 0 Å². The second-order valence-corrected chi connectivity index (χ2v) is 5.76. The van der Waals surface area contributed by atoms with E-state index in [9.17, 15) is 9.90 Å². The fourth-order valence-electron chi connectivity index (χ4n) is 3.27. The Morgan fingerprint density at radius 2 is 1.83 bits per heavy atom. The molecule has 3 N–H and O–H groups in total. The lowest BCUT2D eigenvalue weighted by molar-refractivity contribution is -0.121. The van der Waals surface area contributed by atoms with Crippen LogP contribution in [-0.2, 0) is 4.79 Å². The number of amides is 1. The zero-order valence-corrected chi connectivity index (χ0v) is 11.2. The summed E-state index contributed by atoms with van der Waals surface area (Å²) in [5, 5.41) is 15.6. The molecule has 0 spiro atoms. The Hall–Kier alpha value is -0.610. The molecule has 4 nitrogen and oxygen atoms in total. The van der Waals surface area contributed by atoms with Crippen molar-refractivity contribution in [2.75, 3.05) is 13.2 Å². The van der Waals surface area contributed by atoms with Crippen LogP contribution in [0.5, 0.6) is 0 Å². The van der Waals surface area contributed by atoms with Gasteiger partial charge in [-0.1, -0.05) is 25.7 Å². The molecule has 2 rings (SSSR count). The number of rotatable bonds is 5. The first kappa shape index (κ1) is 13.8. The highest BCUT2D eigenvalue weighted by molar-refractivity contribution is 5.78. The first-order chi connectivity index (χ1) is 8.79. The van der Waals surface area contributed by atoms with Crippen molar-refractivity contribution in [3.8, 4) is 0 Å². The van der Waals surface area contributed by atoms with Gasteiger partial charge in [-0.3, -0.25) is 4.79 Å². The molecule has 0 bridgehead atoms. The van der Waals surface area contributed by atoms with Gasteiger partial charge in [0, 0.05) is 18.7 Å². The molecule has 0 saturated heterocycles. The van der Waals surface area contributed by atoms with Crippen molar-refractivity contribution in [3.63, 3.8) is 0 Å². The van der Waals surface area contributed by atoms with E-state index in [1.54, 1.807) is 0 Å². The Morgan fingerprint density at radius 3 is 2.56 bits per heavy atom. The third-order valence-corrected chi connectivity index (χ3v) is 4.39. The van der Waals surface area contributed by atoms with Gasteiger partial charge in [-0.15, -0.1) is 0 Å². The minimum atomic E-state index is 0.116. The zero-order chi connectivity index (χ0) is 12.8. The maximum Gasteiger partial charge on any atom is 0.234 e. The van der Waals surface area contributed by atoms with E-state index in [1.807, 2.05) is 0 Å². The van der Waals surface area contributed by atoms with Gasteiger partial charge >= 0.3 is 0 Å². The molecule has 2 fully saturated rings. The topological polar surface area (TPSA) is 61.4 Å². The lowest BCUT2D eigenvalue weighted by atomic mass is 9.95. The van der Waals surface area contributed by atoms with Crippen LogP contribution < -0.4 is 10.6 Å². The standard InChI is InChI=1S/C14H26N2O2/c17-10-11-5-4-8-13(11)15-9-14(18)16-12-6-2-1-3-7-12/h11-13,15,17H,1-10H2,(H,16,18). The first-order valence-electron chi connectivity index (χ1n) is 7.43. The zero-order valence-electron chi connectivity index (χ0n) is 11.2. The van der Waals surface area contributed by atoms with Gasteiger partial charge < -0.3 is 15.7 Å². The van der Waals surface area contributed by atoms with Crippen LogP contribution in [0.15, 0.2) is 0 Å². The molecular weight excluding hydrogens is 228 g/mol. The van der Waals surface area contributed by atoms with Crippen LogP contribution in [0, 0.1) is 5.92 Å². The molecule has 0 heterocycles. The largest absolute Gasteiger partial charge is 0.396 e. The smallest absolute Gasteiger partial charge is 0.234 e. The van der Waals surface area contributed by atoms with Crippen LogP contribution in [0.2, 0.25) is 0 Å². The van der Waals surface area contributed by atoms with Crippen LogP contribution in [0.3, 0.4) is 0 Å². The molecule has 1 amide bonds. The van der Waals surface area contributed by atoms with E-state index in [0.717, 1.165) is 32.1 Å². The molecule has 0 aromatic heterocycles. The van der Waals surface area contributed by atoms with Gasteiger partial charge in [0.15, 0.2) is 0 Å². The van der Waals surface area contributed by atoms with Crippen LogP contribution in [-0.4, -0.2) is 36.2 Å². The molecule has 2 saturated carbocycles. The van der Waals surface area contributed by atoms with Gasteiger partial charge in [0.1, 0.15) is 0 Å². The monoisotopic (exact) mass is 254 g/mol. The second kappa shape index (κ2) is 7.10. The SMILES string of the molecule is O=C(CNC1CCCC1CO)NC1CCCCC1. The van der Waals surface area contributed by atoms with Crippen molar-refractivity contribution in [1.29, 1.82) is 0 Å². The van der Waals surface area contributed by atoms with Crippen molar-refractivity contribution in [3.05, 3.63) is 0 Å². The fourth-order valence-corrected chi connectivity index (χ4v) is 3.27. The summed E-state index contributed by atoms with van der Waals surface area (Å²) in [7, 11) is 0. The van der Waals surface area contributed by atoms with Crippen LogP contribution in [0.25, 0.3) is 0 Å². The minimum Gasteiger partial charge on any atom is -0.396 e. The number of hydrogen-bond acceptors (Lipinski definition) is 3. The molecule has 104 valence electrons. The third-order valence-electron chi connectivity index (χ3n) is 4.39. The van der Waals surface area contributed by atoms with Gasteiger partial charge in [0.2, 0.25) is 5.91 Å². The summed E-state index contributed by atoms with van der Waals surface area (Å²) in [6.07, 6.45) is 9.39. The minimum absolute atomic E-state index is 0.116. The number of aliphatic hydroxyl groups excluding tert-OH is 1. The summed E-state index contributed by atoms with van der Waals surface area (Å²) >= 11 is 0. The molecule has 18 heavy (non-hydrogen) atoms. The Morgan fingerprint density at radius 1 is 1.06 bits per heavy atom. The highest BCUT2D eigenvalue weighted by Gasteiger charge is 2.26. The second-order valence-electron chi connectivity index (χ2n) is 5.76. The normalized spacial score (nSPS) is 29.4. The maximum absolute atomic E-state index is 11.8. The number of carbonyl (C=O) groups is 1. The van der Waals surface area contributed by atoms with E-state index >= 15 is 0 Å². The number of nitrogens with one attached hydrogen (secondary N) is 2. The summed E-state index contributed by atoms with van der Waals surface area (Å²) in [6.45, 7) is 0.638. The number of aliphatic hydroxyl groups is 1. The Balaban J connectivity index is 1.64. The molecule has 2 aliphatic carbocycles. The lowest BCUT2D eigenvalue weighted by Crippen LogP contribution is -2.45. The molecule has 2 aliphatic rings. The molecule has 0 aromatic carbocycles. The first-order valence-corrected chi connectivity index (χ1v) is 7.43. The van der Waals surface area contributed by atoms with E-state index in [4.69, 9.17) is 0 Å². The molecule has 2 atom stereocenters. The average Bonchev–Trinajstić information content (AvgIpc) is 2.85. The highest BCUT2D eigenvalue weighted by Crippen LogP contribution is 2.24. The summed E-state index contributed by atoms with van der Waals surface area (Å²) in [5.41, 5.74) is 0. The van der Waals surface area contributed by atoms with Crippen LogP contribution >= 0.6 is 0 Å². The summed E-state index contributed by atoms with van der Waals surface area (Å²) < 4.78 is 0. The molecular formula is C14H26N2O2. The number of carbonyl (C=O) groups excluding carboxylic acids is 1. The number of hydrogen-bond donors (Lipinski definition) is 3. The summed E-state index contributed by atoms with van der Waals surface area (Å²) in [4.78, 5) is 11.8. The van der Waals surface area contributed by atoms with E-state index in [-0.39, 0.29) is 12.5 Å². The molecule has 4 heteroatoms. The van der Waals surface area contributed by atoms with Crippen molar-refractivity contribution >= 4 is 5.91 Å². The van der Waals surface area contributed by atoms with Crippen molar-refractivity contribution in [2.45, 2.75) is 63.5 Å². The average molecular weight is 254 g/mol. The van der Waals surface area contributed by atoms with Gasteiger partial charge in [-0.25, -0.2) is 0 Å². The van der Waals surface area contributed by atoms with E-state index in [1.165, 1.54) is 19.3 Å². The quantitative estimate of drug-likeness (QED) is 0.690.